The van der Waals surface area contributed by atoms with Crippen molar-refractivity contribution < 1.29 is 0 Å². The van der Waals surface area contributed by atoms with Crippen LogP contribution in [0.5, 0.6) is 0 Å². The van der Waals surface area contributed by atoms with Crippen LogP contribution in [0.4, 0.5) is 11.6 Å². The Kier molecular flexibility index (Phi) is 7.70. The molecule has 1 aliphatic carbocycles. The van der Waals surface area contributed by atoms with Crippen molar-refractivity contribution in [3.8, 4) is 0 Å². The first-order chi connectivity index (χ1) is 13.6. The normalized spacial score (nSPS) is 24.0. The molecule has 0 bridgehead atoms. The number of allylic oxidation sites excluding steroid dienone is 2. The Bertz CT molecular complexity index is 732. The fourth-order valence-electron chi connectivity index (χ4n) is 4.49. The van der Waals surface area contributed by atoms with E-state index >= 15 is 0 Å². The Morgan fingerprint density at radius 2 is 1.93 bits per heavy atom. The highest BCUT2D eigenvalue weighted by Crippen LogP contribution is 2.32. The fourth-order valence-corrected chi connectivity index (χ4v) is 4.49. The summed E-state index contributed by atoms with van der Waals surface area (Å²) in [6, 6.07) is 5.65. The lowest BCUT2D eigenvalue weighted by Gasteiger charge is -2.21. The monoisotopic (exact) mass is 380 g/mol. The quantitative estimate of drug-likeness (QED) is 0.628. The van der Waals surface area contributed by atoms with Gasteiger partial charge in [0.1, 0.15) is 17.5 Å². The number of nitrogen functional groups attached to an aromatic ring is 1. The first-order valence-corrected chi connectivity index (χ1v) is 11.1. The molecule has 0 amide bonds. The number of nitrogens with one attached hydrogen (secondary N) is 1. The third-order valence-electron chi connectivity index (χ3n) is 6.01. The van der Waals surface area contributed by atoms with Gasteiger partial charge in [-0.1, -0.05) is 64.0 Å². The molecule has 0 aromatic carbocycles. The molecular formula is C24H36N4. The minimum Gasteiger partial charge on any atom is -0.384 e. The van der Waals surface area contributed by atoms with Crippen molar-refractivity contribution in [2.24, 2.45) is 16.8 Å². The minimum absolute atomic E-state index is 0.521. The number of hydrogen-bond acceptors (Lipinski definition) is 4. The van der Waals surface area contributed by atoms with E-state index in [0.29, 0.717) is 5.82 Å². The van der Waals surface area contributed by atoms with Crippen LogP contribution in [0.3, 0.4) is 0 Å². The molecule has 152 valence electrons. The molecule has 4 nitrogen and oxygen atoms in total. The predicted octanol–water partition coefficient (Wildman–Crippen LogP) is 6.48. The summed E-state index contributed by atoms with van der Waals surface area (Å²) in [6.07, 6.45) is 17.3. The molecule has 1 saturated carbocycles. The lowest BCUT2D eigenvalue weighted by Crippen LogP contribution is -2.12. The molecule has 2 unspecified atom stereocenters. The van der Waals surface area contributed by atoms with E-state index in [2.05, 4.69) is 30.2 Å². The maximum atomic E-state index is 5.82. The highest BCUT2D eigenvalue weighted by Gasteiger charge is 2.18. The van der Waals surface area contributed by atoms with E-state index in [4.69, 9.17) is 10.7 Å². The van der Waals surface area contributed by atoms with Gasteiger partial charge in [-0.3, -0.25) is 0 Å². The van der Waals surface area contributed by atoms with E-state index in [-0.39, 0.29) is 0 Å². The molecule has 0 saturated heterocycles. The third kappa shape index (κ3) is 6.50. The van der Waals surface area contributed by atoms with E-state index < -0.39 is 0 Å². The molecule has 3 rings (SSSR count). The molecule has 0 spiro atoms. The van der Waals surface area contributed by atoms with Gasteiger partial charge in [0.15, 0.2) is 0 Å². The molecule has 3 N–H and O–H groups in total. The molecule has 28 heavy (non-hydrogen) atoms. The van der Waals surface area contributed by atoms with Gasteiger partial charge in [-0.25, -0.2) is 9.98 Å². The summed E-state index contributed by atoms with van der Waals surface area (Å²) in [5, 5.41) is 3.35. The summed E-state index contributed by atoms with van der Waals surface area (Å²) in [7, 11) is 0. The molecule has 4 heteroatoms. The minimum atomic E-state index is 0.521. The van der Waals surface area contributed by atoms with Crippen LogP contribution in [0.25, 0.3) is 0 Å². The predicted molar refractivity (Wildman–Crippen MR) is 120 cm³/mol. The molecular weight excluding hydrogens is 344 g/mol. The molecule has 1 aromatic rings. The van der Waals surface area contributed by atoms with Crippen molar-refractivity contribution >= 4 is 17.5 Å². The molecule has 1 fully saturated rings. The molecule has 1 aliphatic heterocycles. The van der Waals surface area contributed by atoms with Crippen LogP contribution in [-0.4, -0.2) is 10.8 Å². The largest absolute Gasteiger partial charge is 0.384 e. The summed E-state index contributed by atoms with van der Waals surface area (Å²) >= 11 is 0. The van der Waals surface area contributed by atoms with Gasteiger partial charge in [-0.05, 0) is 61.3 Å². The van der Waals surface area contributed by atoms with Crippen LogP contribution < -0.4 is 11.1 Å². The topological polar surface area (TPSA) is 63.3 Å². The third-order valence-corrected chi connectivity index (χ3v) is 6.01. The molecule has 2 heterocycles. The molecule has 1 aromatic heterocycles. The fraction of sp³-hybridized carbons (Fsp3) is 0.583. The Hall–Kier alpha value is -2.10. The van der Waals surface area contributed by atoms with Crippen LogP contribution in [0.15, 0.2) is 46.6 Å². The highest BCUT2D eigenvalue weighted by molar-refractivity contribution is 6.04. The maximum absolute atomic E-state index is 5.82. The van der Waals surface area contributed by atoms with Crippen LogP contribution >= 0.6 is 0 Å². The van der Waals surface area contributed by atoms with E-state index in [1.807, 2.05) is 18.3 Å². The van der Waals surface area contributed by atoms with Crippen molar-refractivity contribution in [3.63, 3.8) is 0 Å². The first-order valence-electron chi connectivity index (χ1n) is 11.1. The number of aromatic nitrogens is 1. The zero-order chi connectivity index (χ0) is 19.8. The van der Waals surface area contributed by atoms with Crippen molar-refractivity contribution in [1.82, 2.24) is 4.98 Å². The van der Waals surface area contributed by atoms with Gasteiger partial charge in [-0.15, -0.1) is 0 Å². The number of anilines is 2. The molecule has 2 atom stereocenters. The van der Waals surface area contributed by atoms with E-state index in [1.165, 1.54) is 62.5 Å². The van der Waals surface area contributed by atoms with Crippen LogP contribution in [0, 0.1) is 11.8 Å². The summed E-state index contributed by atoms with van der Waals surface area (Å²) < 4.78 is 0. The number of rotatable bonds is 4. The van der Waals surface area contributed by atoms with Crippen LogP contribution in [-0.2, 0) is 0 Å². The smallest absolute Gasteiger partial charge is 0.133 e. The van der Waals surface area contributed by atoms with Gasteiger partial charge in [-0.2, -0.15) is 0 Å². The van der Waals surface area contributed by atoms with Crippen molar-refractivity contribution in [2.45, 2.75) is 78.1 Å². The standard InChI is InChI=1S/C24H36N4/c1-3-19-14-21(15-20-10-7-5-4-6-9-18(2)13-20)16-24(26-17-19)28-23-12-8-11-22(25)27-23/h8,11-12,16-18,20H,3-7,9-10,13-15H2,1-2H3,(H3,25,26,27,28). The second-order valence-electron chi connectivity index (χ2n) is 8.61. The zero-order valence-corrected chi connectivity index (χ0v) is 17.6. The molecule has 0 radical (unpaired) electrons. The van der Waals surface area contributed by atoms with Crippen LogP contribution in [0.2, 0.25) is 0 Å². The van der Waals surface area contributed by atoms with Gasteiger partial charge >= 0.3 is 0 Å². The number of amidine groups is 1. The van der Waals surface area contributed by atoms with Crippen molar-refractivity contribution in [3.05, 3.63) is 41.6 Å². The van der Waals surface area contributed by atoms with E-state index in [9.17, 15) is 0 Å². The van der Waals surface area contributed by atoms with Crippen LogP contribution in [0.1, 0.15) is 78.1 Å². The number of nitrogens with two attached hydrogens (primary N) is 1. The highest BCUT2D eigenvalue weighted by atomic mass is 15.1. The maximum Gasteiger partial charge on any atom is 0.133 e. The summed E-state index contributed by atoms with van der Waals surface area (Å²) in [5.74, 6) is 3.78. The number of pyridine rings is 1. The van der Waals surface area contributed by atoms with Gasteiger partial charge in [0.25, 0.3) is 0 Å². The van der Waals surface area contributed by atoms with Gasteiger partial charge in [0.05, 0.1) is 0 Å². The molecule has 2 aliphatic rings. The van der Waals surface area contributed by atoms with Gasteiger partial charge in [0.2, 0.25) is 0 Å². The Morgan fingerprint density at radius 3 is 2.71 bits per heavy atom. The lowest BCUT2D eigenvalue weighted by molar-refractivity contribution is 0.355. The summed E-state index contributed by atoms with van der Waals surface area (Å²) in [4.78, 5) is 9.05. The second kappa shape index (κ2) is 10.4. The zero-order valence-electron chi connectivity index (χ0n) is 17.6. The van der Waals surface area contributed by atoms with E-state index in [0.717, 1.165) is 36.3 Å². The lowest BCUT2D eigenvalue weighted by atomic mass is 9.84. The second-order valence-corrected chi connectivity index (χ2v) is 8.61. The number of hydrogen-bond donors (Lipinski definition) is 2. The van der Waals surface area contributed by atoms with Gasteiger partial charge < -0.3 is 11.1 Å². The first kappa shape index (κ1) is 20.6. The Balaban J connectivity index is 1.74. The Morgan fingerprint density at radius 1 is 1.11 bits per heavy atom. The van der Waals surface area contributed by atoms with Crippen molar-refractivity contribution in [2.75, 3.05) is 11.1 Å². The summed E-state index contributed by atoms with van der Waals surface area (Å²) in [6.45, 7) is 4.66. The van der Waals surface area contributed by atoms with Gasteiger partial charge in [0, 0.05) is 6.20 Å². The van der Waals surface area contributed by atoms with Crippen molar-refractivity contribution in [1.29, 1.82) is 0 Å². The number of nitrogens with zero attached hydrogens (tertiary/aromatic N) is 2. The average Bonchev–Trinajstić information content (AvgIpc) is 2.78. The number of aliphatic imine (C=N–C) groups is 1. The summed E-state index contributed by atoms with van der Waals surface area (Å²) in [5.41, 5.74) is 8.72. The Labute approximate surface area is 170 Å². The average molecular weight is 381 g/mol. The SMILES string of the molecule is CCC1=CN=C(Nc2cccc(N)n2)C=C(CC2CCCCCCC(C)C2)C1. The van der Waals surface area contributed by atoms with E-state index in [1.54, 1.807) is 6.07 Å².